The van der Waals surface area contributed by atoms with Crippen molar-refractivity contribution in [3.05, 3.63) is 39.8 Å². The smallest absolute Gasteiger partial charge is 0.256 e. The first-order valence-electron chi connectivity index (χ1n) is 9.37. The van der Waals surface area contributed by atoms with Gasteiger partial charge >= 0.3 is 0 Å². The molecule has 144 valence electrons. The highest BCUT2D eigenvalue weighted by Gasteiger charge is 2.37. The topological polar surface area (TPSA) is 70.6 Å². The Morgan fingerprint density at radius 1 is 1.26 bits per heavy atom. The molecule has 0 fully saturated rings. The van der Waals surface area contributed by atoms with Gasteiger partial charge < -0.3 is 20.5 Å². The molecule has 0 unspecified atom stereocenters. The summed E-state index contributed by atoms with van der Waals surface area (Å²) in [4.78, 5) is 14.2. The first-order chi connectivity index (χ1) is 12.8. The number of aromatic hydroxyl groups is 1. The lowest BCUT2D eigenvalue weighted by Crippen LogP contribution is -2.38. The molecule has 1 aliphatic heterocycles. The van der Waals surface area contributed by atoms with E-state index < -0.39 is 6.17 Å². The number of fused-ring (bicyclic) bond motifs is 3. The van der Waals surface area contributed by atoms with Crippen LogP contribution in [0.3, 0.4) is 0 Å². The maximum atomic E-state index is 12.9. The average molecular weight is 387 g/mol. The van der Waals surface area contributed by atoms with Crippen LogP contribution in [0.25, 0.3) is 0 Å². The van der Waals surface area contributed by atoms with Gasteiger partial charge in [0.2, 0.25) is 0 Å². The number of amides is 1. The van der Waals surface area contributed by atoms with Crippen LogP contribution in [-0.4, -0.2) is 18.1 Å². The Morgan fingerprint density at radius 3 is 2.74 bits per heavy atom. The van der Waals surface area contributed by atoms with E-state index in [1.807, 2.05) is 6.07 Å². The Balaban J connectivity index is 1.67. The van der Waals surface area contributed by atoms with Gasteiger partial charge in [-0.1, -0.05) is 32.9 Å². The second kappa shape index (κ2) is 6.44. The molecule has 3 N–H and O–H groups in total. The van der Waals surface area contributed by atoms with Gasteiger partial charge in [0.05, 0.1) is 12.7 Å². The van der Waals surface area contributed by atoms with Gasteiger partial charge in [0.15, 0.2) is 11.5 Å². The summed E-state index contributed by atoms with van der Waals surface area (Å²) < 4.78 is 5.19. The predicted molar refractivity (Wildman–Crippen MR) is 108 cm³/mol. The van der Waals surface area contributed by atoms with E-state index in [9.17, 15) is 9.90 Å². The van der Waals surface area contributed by atoms with Crippen LogP contribution >= 0.6 is 11.3 Å². The number of ether oxygens (including phenoxy) is 1. The molecule has 0 saturated carbocycles. The standard InChI is InChI=1S/C21H26N2O3S/c1-21(2,3)11-8-9-12-15(10-11)27-20-16(12)19(25)22-18(23-20)13-6-5-7-14(26-4)17(13)24/h5-7,11,18,23-24H,8-10H2,1-4H3,(H,22,25)/t11-,18+/m0/s1. The number of methoxy groups -OCH3 is 1. The summed E-state index contributed by atoms with van der Waals surface area (Å²) in [6.45, 7) is 6.88. The second-order valence-corrected chi connectivity index (χ2v) is 9.57. The van der Waals surface area contributed by atoms with Gasteiger partial charge in [0.1, 0.15) is 11.2 Å². The zero-order valence-corrected chi connectivity index (χ0v) is 17.0. The molecule has 2 heterocycles. The number of benzene rings is 1. The van der Waals surface area contributed by atoms with E-state index in [0.717, 1.165) is 29.8 Å². The van der Waals surface area contributed by atoms with Crippen LogP contribution in [0.5, 0.6) is 11.5 Å². The number of hydrogen-bond acceptors (Lipinski definition) is 5. The Kier molecular flexibility index (Phi) is 4.34. The fourth-order valence-corrected chi connectivity index (χ4v) is 5.48. The molecule has 1 aromatic heterocycles. The number of nitrogens with one attached hydrogen (secondary N) is 2. The van der Waals surface area contributed by atoms with Crippen molar-refractivity contribution in [3.63, 3.8) is 0 Å². The quantitative estimate of drug-likeness (QED) is 0.712. The molecular formula is C21H26N2O3S. The first-order valence-corrected chi connectivity index (χ1v) is 10.2. The zero-order valence-electron chi connectivity index (χ0n) is 16.2. The summed E-state index contributed by atoms with van der Waals surface area (Å²) in [5.41, 5.74) is 2.87. The number of anilines is 1. The summed E-state index contributed by atoms with van der Waals surface area (Å²) in [6.07, 6.45) is 2.62. The largest absolute Gasteiger partial charge is 0.504 e. The van der Waals surface area contributed by atoms with E-state index in [1.54, 1.807) is 23.5 Å². The molecule has 1 aromatic carbocycles. The predicted octanol–water partition coefficient (Wildman–Crippen LogP) is 4.47. The summed E-state index contributed by atoms with van der Waals surface area (Å²) in [5.74, 6) is 1.01. The molecule has 1 aliphatic carbocycles. The minimum atomic E-state index is -0.474. The number of phenols is 1. The molecule has 2 aromatic rings. The van der Waals surface area contributed by atoms with E-state index in [4.69, 9.17) is 4.74 Å². The van der Waals surface area contributed by atoms with Gasteiger partial charge in [-0.3, -0.25) is 4.79 Å². The Hall–Kier alpha value is -2.21. The maximum Gasteiger partial charge on any atom is 0.256 e. The van der Waals surface area contributed by atoms with E-state index >= 15 is 0 Å². The van der Waals surface area contributed by atoms with E-state index in [0.29, 0.717) is 17.2 Å². The van der Waals surface area contributed by atoms with Crippen LogP contribution in [-0.2, 0) is 12.8 Å². The number of thiophene rings is 1. The maximum absolute atomic E-state index is 12.9. The Morgan fingerprint density at radius 2 is 2.04 bits per heavy atom. The Bertz CT molecular complexity index is 898. The van der Waals surface area contributed by atoms with Crippen molar-refractivity contribution >= 4 is 22.2 Å². The van der Waals surface area contributed by atoms with Crippen molar-refractivity contribution in [2.24, 2.45) is 11.3 Å². The lowest BCUT2D eigenvalue weighted by molar-refractivity contribution is 0.0934. The molecule has 0 saturated heterocycles. The van der Waals surface area contributed by atoms with Gasteiger partial charge in [-0.25, -0.2) is 0 Å². The summed E-state index contributed by atoms with van der Waals surface area (Å²) in [6, 6.07) is 5.31. The number of hydrogen-bond donors (Lipinski definition) is 3. The highest BCUT2D eigenvalue weighted by Crippen LogP contribution is 2.46. The molecule has 2 aliphatic rings. The number of carbonyl (C=O) groups is 1. The van der Waals surface area contributed by atoms with Crippen molar-refractivity contribution in [2.75, 3.05) is 12.4 Å². The summed E-state index contributed by atoms with van der Waals surface area (Å²) >= 11 is 1.69. The van der Waals surface area contributed by atoms with Gasteiger partial charge in [0, 0.05) is 10.4 Å². The SMILES string of the molecule is COc1cccc([C@@H]2NC(=O)c3c(sc4c3CC[C@H](C(C)(C)C)C4)N2)c1O. The Labute approximate surface area is 163 Å². The molecule has 0 radical (unpaired) electrons. The molecule has 4 rings (SSSR count). The third-order valence-electron chi connectivity index (χ3n) is 5.83. The van der Waals surface area contributed by atoms with E-state index in [1.165, 1.54) is 17.6 Å². The first kappa shape index (κ1) is 18.2. The van der Waals surface area contributed by atoms with Gasteiger partial charge in [-0.2, -0.15) is 0 Å². The van der Waals surface area contributed by atoms with Crippen molar-refractivity contribution in [1.82, 2.24) is 5.32 Å². The van der Waals surface area contributed by atoms with Crippen LogP contribution in [0.15, 0.2) is 18.2 Å². The second-order valence-electron chi connectivity index (χ2n) is 8.46. The lowest BCUT2D eigenvalue weighted by atomic mass is 9.72. The minimum absolute atomic E-state index is 0.0513. The average Bonchev–Trinajstić information content (AvgIpc) is 2.99. The normalized spacial score (nSPS) is 21.7. The van der Waals surface area contributed by atoms with Crippen molar-refractivity contribution in [1.29, 1.82) is 0 Å². The number of phenolic OH excluding ortho intramolecular Hbond substituents is 1. The van der Waals surface area contributed by atoms with Crippen LogP contribution < -0.4 is 15.4 Å². The van der Waals surface area contributed by atoms with Gasteiger partial charge in [0.25, 0.3) is 5.91 Å². The monoisotopic (exact) mass is 386 g/mol. The zero-order chi connectivity index (χ0) is 19.3. The molecular weight excluding hydrogens is 360 g/mol. The highest BCUT2D eigenvalue weighted by atomic mass is 32.1. The van der Waals surface area contributed by atoms with Crippen LogP contribution in [0, 0.1) is 11.3 Å². The molecule has 2 atom stereocenters. The van der Waals surface area contributed by atoms with Crippen molar-refractivity contribution in [3.8, 4) is 11.5 Å². The molecule has 0 spiro atoms. The molecule has 1 amide bonds. The van der Waals surface area contributed by atoms with Gasteiger partial charge in [-0.15, -0.1) is 11.3 Å². The fraction of sp³-hybridized carbons (Fsp3) is 0.476. The molecule has 6 heteroatoms. The third kappa shape index (κ3) is 3.06. The van der Waals surface area contributed by atoms with Crippen LogP contribution in [0.4, 0.5) is 5.00 Å². The third-order valence-corrected chi connectivity index (χ3v) is 7.01. The minimum Gasteiger partial charge on any atom is -0.504 e. The van der Waals surface area contributed by atoms with E-state index in [-0.39, 0.29) is 17.1 Å². The molecule has 0 bridgehead atoms. The number of carbonyl (C=O) groups excluding carboxylic acids is 1. The van der Waals surface area contributed by atoms with Crippen LogP contribution in [0.1, 0.15) is 59.7 Å². The lowest BCUT2D eigenvalue weighted by Gasteiger charge is -2.34. The molecule has 5 nitrogen and oxygen atoms in total. The summed E-state index contributed by atoms with van der Waals surface area (Å²) in [5, 5.41) is 17.8. The van der Waals surface area contributed by atoms with Gasteiger partial charge in [-0.05, 0) is 42.2 Å². The number of rotatable bonds is 2. The van der Waals surface area contributed by atoms with Crippen LogP contribution in [0.2, 0.25) is 0 Å². The van der Waals surface area contributed by atoms with Crippen molar-refractivity contribution in [2.45, 2.75) is 46.2 Å². The fourth-order valence-electron chi connectivity index (χ4n) is 4.13. The molecule has 27 heavy (non-hydrogen) atoms. The number of para-hydroxylation sites is 1. The van der Waals surface area contributed by atoms with Crippen molar-refractivity contribution < 1.29 is 14.6 Å². The summed E-state index contributed by atoms with van der Waals surface area (Å²) in [7, 11) is 1.52. The van der Waals surface area contributed by atoms with E-state index in [2.05, 4.69) is 31.4 Å². The highest BCUT2D eigenvalue weighted by molar-refractivity contribution is 7.16.